The molecule has 1 aliphatic carbocycles. The molecular formula is C15H28N2O. The van der Waals surface area contributed by atoms with Crippen LogP contribution in [0.3, 0.4) is 0 Å². The number of hydrogen-bond donors (Lipinski definition) is 1. The van der Waals surface area contributed by atoms with Gasteiger partial charge in [-0.15, -0.1) is 0 Å². The maximum absolute atomic E-state index is 12.4. The van der Waals surface area contributed by atoms with Crippen molar-refractivity contribution in [3.05, 3.63) is 0 Å². The number of carbonyl (C=O) groups excluding carboxylic acids is 1. The predicted molar refractivity (Wildman–Crippen MR) is 74.4 cm³/mol. The fraction of sp³-hybridized carbons (Fsp3) is 0.933. The van der Waals surface area contributed by atoms with E-state index < -0.39 is 0 Å². The van der Waals surface area contributed by atoms with Crippen LogP contribution in [0.5, 0.6) is 0 Å². The largest absolute Gasteiger partial charge is 0.338 e. The summed E-state index contributed by atoms with van der Waals surface area (Å²) in [5.74, 6) is 1.78. The van der Waals surface area contributed by atoms with E-state index in [1.54, 1.807) is 0 Å². The van der Waals surface area contributed by atoms with Crippen molar-refractivity contribution in [1.29, 1.82) is 0 Å². The standard InChI is InChI=1S/C15H28N2O/c1-4-9-16-13-8-10-17(15(13)18)14-7-5-6-11(2)12(14)3/h11-14,16H,4-10H2,1-3H3. The molecule has 2 fully saturated rings. The van der Waals surface area contributed by atoms with Gasteiger partial charge in [-0.3, -0.25) is 4.79 Å². The highest BCUT2D eigenvalue weighted by atomic mass is 16.2. The third-order valence-electron chi connectivity index (χ3n) is 4.94. The molecule has 3 heteroatoms. The van der Waals surface area contributed by atoms with Crippen molar-refractivity contribution in [2.45, 2.75) is 65.0 Å². The molecule has 1 saturated carbocycles. The predicted octanol–water partition coefficient (Wildman–Crippen LogP) is 2.41. The minimum atomic E-state index is 0.0920. The smallest absolute Gasteiger partial charge is 0.240 e. The number of nitrogens with one attached hydrogen (secondary N) is 1. The molecule has 2 aliphatic rings. The molecule has 0 radical (unpaired) electrons. The molecule has 1 saturated heterocycles. The first-order chi connectivity index (χ1) is 8.65. The molecule has 1 aliphatic heterocycles. The zero-order valence-corrected chi connectivity index (χ0v) is 12.1. The van der Waals surface area contributed by atoms with Crippen molar-refractivity contribution in [3.8, 4) is 0 Å². The van der Waals surface area contributed by atoms with E-state index in [9.17, 15) is 4.79 Å². The second-order valence-corrected chi connectivity index (χ2v) is 6.16. The van der Waals surface area contributed by atoms with Crippen LogP contribution in [-0.2, 0) is 4.79 Å². The fourth-order valence-corrected chi connectivity index (χ4v) is 3.53. The number of rotatable bonds is 4. The number of nitrogens with zero attached hydrogens (tertiary/aromatic N) is 1. The normalized spacial score (nSPS) is 37.3. The molecule has 0 spiro atoms. The van der Waals surface area contributed by atoms with Crippen molar-refractivity contribution >= 4 is 5.91 Å². The van der Waals surface area contributed by atoms with Crippen LogP contribution in [0, 0.1) is 11.8 Å². The van der Waals surface area contributed by atoms with Crippen LogP contribution in [0.2, 0.25) is 0 Å². The summed E-state index contributed by atoms with van der Waals surface area (Å²) >= 11 is 0. The van der Waals surface area contributed by atoms with Gasteiger partial charge >= 0.3 is 0 Å². The van der Waals surface area contributed by atoms with Gasteiger partial charge in [-0.2, -0.15) is 0 Å². The molecule has 0 aromatic carbocycles. The molecule has 2 rings (SSSR count). The Morgan fingerprint density at radius 1 is 1.28 bits per heavy atom. The lowest BCUT2D eigenvalue weighted by Crippen LogP contribution is -2.48. The van der Waals surface area contributed by atoms with Gasteiger partial charge in [0.25, 0.3) is 0 Å². The highest BCUT2D eigenvalue weighted by Gasteiger charge is 2.39. The van der Waals surface area contributed by atoms with Crippen LogP contribution in [0.15, 0.2) is 0 Å². The van der Waals surface area contributed by atoms with Gasteiger partial charge in [-0.25, -0.2) is 0 Å². The molecule has 1 N–H and O–H groups in total. The second kappa shape index (κ2) is 6.05. The number of amides is 1. The first kappa shape index (κ1) is 13.9. The van der Waals surface area contributed by atoms with Crippen molar-refractivity contribution in [3.63, 3.8) is 0 Å². The molecule has 4 atom stereocenters. The van der Waals surface area contributed by atoms with Crippen molar-refractivity contribution in [2.75, 3.05) is 13.1 Å². The molecule has 104 valence electrons. The number of likely N-dealkylation sites (tertiary alicyclic amines) is 1. The average Bonchev–Trinajstić information content (AvgIpc) is 2.72. The van der Waals surface area contributed by atoms with Crippen LogP contribution in [-0.4, -0.2) is 36.0 Å². The molecule has 0 bridgehead atoms. The summed E-state index contributed by atoms with van der Waals surface area (Å²) in [6.07, 6.45) is 5.92. The van der Waals surface area contributed by atoms with Crippen LogP contribution in [0.4, 0.5) is 0 Å². The summed E-state index contributed by atoms with van der Waals surface area (Å²) in [7, 11) is 0. The van der Waals surface area contributed by atoms with Crippen molar-refractivity contribution in [1.82, 2.24) is 10.2 Å². The lowest BCUT2D eigenvalue weighted by Gasteiger charge is -2.40. The van der Waals surface area contributed by atoms with Crippen molar-refractivity contribution < 1.29 is 4.79 Å². The molecule has 1 amide bonds. The van der Waals surface area contributed by atoms with E-state index in [1.165, 1.54) is 19.3 Å². The molecule has 3 nitrogen and oxygen atoms in total. The number of hydrogen-bond acceptors (Lipinski definition) is 2. The lowest BCUT2D eigenvalue weighted by molar-refractivity contribution is -0.133. The van der Waals surface area contributed by atoms with E-state index in [4.69, 9.17) is 0 Å². The average molecular weight is 252 g/mol. The van der Waals surface area contributed by atoms with Crippen LogP contribution in [0.1, 0.15) is 52.9 Å². The van der Waals surface area contributed by atoms with E-state index >= 15 is 0 Å². The Hall–Kier alpha value is -0.570. The Balaban J connectivity index is 1.95. The molecule has 18 heavy (non-hydrogen) atoms. The van der Waals surface area contributed by atoms with Gasteiger partial charge in [0.2, 0.25) is 5.91 Å². The maximum Gasteiger partial charge on any atom is 0.240 e. The summed E-state index contributed by atoms with van der Waals surface area (Å²) < 4.78 is 0. The minimum Gasteiger partial charge on any atom is -0.338 e. The van der Waals surface area contributed by atoms with Gasteiger partial charge in [-0.05, 0) is 37.6 Å². The highest BCUT2D eigenvalue weighted by Crippen LogP contribution is 2.34. The first-order valence-electron chi connectivity index (χ1n) is 7.69. The zero-order valence-electron chi connectivity index (χ0n) is 12.1. The Morgan fingerprint density at radius 3 is 2.78 bits per heavy atom. The number of carbonyl (C=O) groups is 1. The maximum atomic E-state index is 12.4. The van der Waals surface area contributed by atoms with Crippen LogP contribution < -0.4 is 5.32 Å². The SMILES string of the molecule is CCCNC1CCN(C2CCCC(C)C2C)C1=O. The van der Waals surface area contributed by atoms with Gasteiger partial charge in [0.05, 0.1) is 6.04 Å². The Morgan fingerprint density at radius 2 is 2.06 bits per heavy atom. The van der Waals surface area contributed by atoms with Crippen molar-refractivity contribution in [2.24, 2.45) is 11.8 Å². The van der Waals surface area contributed by atoms with Gasteiger partial charge < -0.3 is 10.2 Å². The van der Waals surface area contributed by atoms with Gasteiger partial charge in [0, 0.05) is 12.6 Å². The van der Waals surface area contributed by atoms with E-state index in [-0.39, 0.29) is 6.04 Å². The summed E-state index contributed by atoms with van der Waals surface area (Å²) in [6, 6.07) is 0.587. The minimum absolute atomic E-state index is 0.0920. The van der Waals surface area contributed by atoms with Crippen LogP contribution >= 0.6 is 0 Å². The summed E-state index contributed by atoms with van der Waals surface area (Å²) in [5, 5.41) is 3.38. The van der Waals surface area contributed by atoms with Gasteiger partial charge in [-0.1, -0.05) is 33.6 Å². The Kier molecular flexibility index (Phi) is 4.66. The lowest BCUT2D eigenvalue weighted by atomic mass is 9.77. The summed E-state index contributed by atoms with van der Waals surface area (Å²) in [4.78, 5) is 14.6. The highest BCUT2D eigenvalue weighted by molar-refractivity contribution is 5.84. The topological polar surface area (TPSA) is 32.3 Å². The van der Waals surface area contributed by atoms with Gasteiger partial charge in [0.1, 0.15) is 0 Å². The van der Waals surface area contributed by atoms with E-state index in [1.807, 2.05) is 0 Å². The Bertz CT molecular complexity index is 292. The molecule has 0 aromatic heterocycles. The molecular weight excluding hydrogens is 224 g/mol. The van der Waals surface area contributed by atoms with Crippen LogP contribution in [0.25, 0.3) is 0 Å². The van der Waals surface area contributed by atoms with E-state index in [2.05, 4.69) is 31.0 Å². The molecule has 1 heterocycles. The quantitative estimate of drug-likeness (QED) is 0.833. The summed E-state index contributed by atoms with van der Waals surface area (Å²) in [6.45, 7) is 8.73. The zero-order chi connectivity index (χ0) is 13.1. The third kappa shape index (κ3) is 2.71. The van der Waals surface area contributed by atoms with E-state index in [0.29, 0.717) is 17.9 Å². The monoisotopic (exact) mass is 252 g/mol. The molecule has 0 aromatic rings. The second-order valence-electron chi connectivity index (χ2n) is 6.16. The molecule has 4 unspecified atom stereocenters. The third-order valence-corrected chi connectivity index (χ3v) is 4.94. The fourth-order valence-electron chi connectivity index (χ4n) is 3.53. The van der Waals surface area contributed by atoms with E-state index in [0.717, 1.165) is 31.8 Å². The summed E-state index contributed by atoms with van der Waals surface area (Å²) in [5.41, 5.74) is 0. The Labute approximate surface area is 111 Å². The van der Waals surface area contributed by atoms with Gasteiger partial charge in [0.15, 0.2) is 0 Å². The first-order valence-corrected chi connectivity index (χ1v) is 7.69.